The van der Waals surface area contributed by atoms with Crippen molar-refractivity contribution in [1.82, 2.24) is 10.3 Å². The van der Waals surface area contributed by atoms with E-state index >= 15 is 0 Å². The van der Waals surface area contributed by atoms with E-state index in [2.05, 4.69) is 10.3 Å². The molecule has 0 atom stereocenters. The summed E-state index contributed by atoms with van der Waals surface area (Å²) in [5.41, 5.74) is 5.77. The number of amides is 1. The molecule has 0 saturated heterocycles. The Morgan fingerprint density at radius 1 is 1.50 bits per heavy atom. The minimum Gasteiger partial charge on any atom is -0.481 e. The lowest BCUT2D eigenvalue weighted by atomic mass is 10.1. The van der Waals surface area contributed by atoms with Crippen LogP contribution in [-0.4, -0.2) is 28.5 Å². The van der Waals surface area contributed by atoms with E-state index in [-0.39, 0.29) is 19.0 Å². The van der Waals surface area contributed by atoms with Gasteiger partial charge in [-0.15, -0.1) is 0 Å². The van der Waals surface area contributed by atoms with Crippen LogP contribution in [0.3, 0.4) is 0 Å². The molecule has 1 fully saturated rings. The Hall–Kier alpha value is -1.95. The van der Waals surface area contributed by atoms with E-state index in [9.17, 15) is 9.59 Å². The third-order valence-electron chi connectivity index (χ3n) is 3.18. The number of nitrogens with zero attached hydrogens (tertiary/aromatic N) is 1. The molecule has 1 aliphatic rings. The molecule has 0 bridgehead atoms. The first-order valence-electron chi connectivity index (χ1n) is 5.74. The molecule has 1 amide bonds. The highest BCUT2D eigenvalue weighted by atomic mass is 16.4. The molecule has 2 rings (SSSR count). The zero-order chi connectivity index (χ0) is 13.2. The van der Waals surface area contributed by atoms with E-state index in [0.29, 0.717) is 24.1 Å². The van der Waals surface area contributed by atoms with Gasteiger partial charge in [0.05, 0.1) is 11.1 Å². The van der Waals surface area contributed by atoms with Crippen LogP contribution in [0, 0.1) is 5.41 Å². The number of nitrogens with one attached hydrogen (secondary N) is 1. The Bertz CT molecular complexity index is 483. The lowest BCUT2D eigenvalue weighted by Gasteiger charge is -2.11. The van der Waals surface area contributed by atoms with Crippen LogP contribution in [0.4, 0.5) is 0 Å². The van der Waals surface area contributed by atoms with E-state index in [4.69, 9.17) is 10.8 Å². The molecule has 0 spiro atoms. The Morgan fingerprint density at radius 3 is 2.78 bits per heavy atom. The van der Waals surface area contributed by atoms with Gasteiger partial charge in [0.2, 0.25) is 0 Å². The van der Waals surface area contributed by atoms with E-state index in [1.165, 1.54) is 6.20 Å². The fraction of sp³-hybridized carbons (Fsp3) is 0.417. The van der Waals surface area contributed by atoms with E-state index in [1.54, 1.807) is 12.1 Å². The minimum atomic E-state index is -0.847. The van der Waals surface area contributed by atoms with Crippen molar-refractivity contribution in [2.24, 2.45) is 11.1 Å². The summed E-state index contributed by atoms with van der Waals surface area (Å²) in [5, 5.41) is 11.6. The van der Waals surface area contributed by atoms with Crippen LogP contribution in [0.1, 0.15) is 28.9 Å². The monoisotopic (exact) mass is 249 g/mol. The molecule has 1 aromatic rings. The van der Waals surface area contributed by atoms with Crippen LogP contribution in [0.5, 0.6) is 0 Å². The highest BCUT2D eigenvalue weighted by Gasteiger charge is 2.50. The third-order valence-corrected chi connectivity index (χ3v) is 3.18. The summed E-state index contributed by atoms with van der Waals surface area (Å²) >= 11 is 0. The SMILES string of the molecule is NCc1cc(C(=O)NCC2(C(=O)O)CC2)ccn1. The summed E-state index contributed by atoms with van der Waals surface area (Å²) < 4.78 is 0. The van der Waals surface area contributed by atoms with Crippen LogP contribution >= 0.6 is 0 Å². The number of carbonyl (C=O) groups is 2. The summed E-state index contributed by atoms with van der Waals surface area (Å²) in [4.78, 5) is 26.8. The zero-order valence-electron chi connectivity index (χ0n) is 9.85. The second-order valence-corrected chi connectivity index (χ2v) is 4.51. The average Bonchev–Trinajstić information content (AvgIpc) is 3.17. The average molecular weight is 249 g/mol. The topological polar surface area (TPSA) is 105 Å². The number of aliphatic carboxylic acids is 1. The van der Waals surface area contributed by atoms with Gasteiger partial charge in [-0.05, 0) is 25.0 Å². The second kappa shape index (κ2) is 4.73. The van der Waals surface area contributed by atoms with Crippen LogP contribution in [-0.2, 0) is 11.3 Å². The van der Waals surface area contributed by atoms with Gasteiger partial charge in [-0.1, -0.05) is 0 Å². The Labute approximate surface area is 104 Å². The van der Waals surface area contributed by atoms with Crippen molar-refractivity contribution in [1.29, 1.82) is 0 Å². The third kappa shape index (κ3) is 2.48. The van der Waals surface area contributed by atoms with Crippen molar-refractivity contribution in [2.75, 3.05) is 6.54 Å². The molecule has 1 aromatic heterocycles. The molecule has 1 aliphatic carbocycles. The van der Waals surface area contributed by atoms with Crippen LogP contribution < -0.4 is 11.1 Å². The molecule has 4 N–H and O–H groups in total. The number of rotatable bonds is 5. The van der Waals surface area contributed by atoms with Crippen molar-refractivity contribution >= 4 is 11.9 Å². The van der Waals surface area contributed by atoms with Crippen molar-refractivity contribution in [3.05, 3.63) is 29.6 Å². The van der Waals surface area contributed by atoms with Crippen molar-refractivity contribution in [3.8, 4) is 0 Å². The highest BCUT2D eigenvalue weighted by molar-refractivity contribution is 5.94. The van der Waals surface area contributed by atoms with Gasteiger partial charge in [0.25, 0.3) is 5.91 Å². The molecule has 1 heterocycles. The maximum absolute atomic E-state index is 11.8. The molecule has 0 unspecified atom stereocenters. The largest absolute Gasteiger partial charge is 0.481 e. The normalized spacial score (nSPS) is 16.1. The lowest BCUT2D eigenvalue weighted by molar-refractivity contribution is -0.143. The molecule has 0 aromatic carbocycles. The smallest absolute Gasteiger partial charge is 0.311 e. The maximum atomic E-state index is 11.8. The number of hydrogen-bond acceptors (Lipinski definition) is 4. The summed E-state index contributed by atoms with van der Waals surface area (Å²) in [6.45, 7) is 0.432. The minimum absolute atomic E-state index is 0.168. The molecule has 96 valence electrons. The summed E-state index contributed by atoms with van der Waals surface area (Å²) in [7, 11) is 0. The number of carbonyl (C=O) groups excluding carboxylic acids is 1. The fourth-order valence-electron chi connectivity index (χ4n) is 1.70. The number of carboxylic acids is 1. The molecular weight excluding hydrogens is 234 g/mol. The number of pyridine rings is 1. The van der Waals surface area contributed by atoms with E-state index in [0.717, 1.165) is 0 Å². The van der Waals surface area contributed by atoms with Gasteiger partial charge in [0, 0.05) is 24.8 Å². The number of carboxylic acid groups (broad SMARTS) is 1. The van der Waals surface area contributed by atoms with Crippen molar-refractivity contribution in [3.63, 3.8) is 0 Å². The first kappa shape index (κ1) is 12.5. The Balaban J connectivity index is 1.97. The standard InChI is InChI=1S/C12H15N3O3/c13-6-9-5-8(1-4-14-9)10(16)15-7-12(2-3-12)11(17)18/h1,4-5H,2-3,6-7,13H2,(H,15,16)(H,17,18). The zero-order valence-corrected chi connectivity index (χ0v) is 9.85. The summed E-state index contributed by atoms with van der Waals surface area (Å²) in [6.07, 6.45) is 2.75. The van der Waals surface area contributed by atoms with Gasteiger partial charge in [-0.3, -0.25) is 14.6 Å². The van der Waals surface area contributed by atoms with E-state index in [1.807, 2.05) is 0 Å². The van der Waals surface area contributed by atoms with Crippen LogP contribution in [0.25, 0.3) is 0 Å². The van der Waals surface area contributed by atoms with Gasteiger partial charge < -0.3 is 16.2 Å². The Kier molecular flexibility index (Phi) is 3.29. The predicted molar refractivity (Wildman–Crippen MR) is 63.8 cm³/mol. The predicted octanol–water partition coefficient (Wildman–Crippen LogP) is 0.135. The number of nitrogens with two attached hydrogens (primary N) is 1. The van der Waals surface area contributed by atoms with Crippen LogP contribution in [0.2, 0.25) is 0 Å². The molecule has 18 heavy (non-hydrogen) atoms. The van der Waals surface area contributed by atoms with Gasteiger partial charge in [-0.2, -0.15) is 0 Å². The quantitative estimate of drug-likeness (QED) is 0.688. The fourth-order valence-corrected chi connectivity index (χ4v) is 1.70. The number of hydrogen-bond donors (Lipinski definition) is 3. The van der Waals surface area contributed by atoms with Crippen LogP contribution in [0.15, 0.2) is 18.3 Å². The van der Waals surface area contributed by atoms with Gasteiger partial charge in [0.15, 0.2) is 0 Å². The van der Waals surface area contributed by atoms with Crippen molar-refractivity contribution in [2.45, 2.75) is 19.4 Å². The van der Waals surface area contributed by atoms with Gasteiger partial charge in [0.1, 0.15) is 0 Å². The first-order chi connectivity index (χ1) is 8.57. The number of aromatic nitrogens is 1. The molecule has 6 nitrogen and oxygen atoms in total. The molecule has 0 radical (unpaired) electrons. The van der Waals surface area contributed by atoms with Gasteiger partial charge >= 0.3 is 5.97 Å². The van der Waals surface area contributed by atoms with Gasteiger partial charge in [-0.25, -0.2) is 0 Å². The Morgan fingerprint density at radius 2 is 2.22 bits per heavy atom. The molecular formula is C12H15N3O3. The molecule has 0 aliphatic heterocycles. The first-order valence-corrected chi connectivity index (χ1v) is 5.74. The second-order valence-electron chi connectivity index (χ2n) is 4.51. The maximum Gasteiger partial charge on any atom is 0.311 e. The molecule has 1 saturated carbocycles. The molecule has 6 heteroatoms. The summed E-state index contributed by atoms with van der Waals surface area (Å²) in [6, 6.07) is 3.19. The summed E-state index contributed by atoms with van der Waals surface area (Å²) in [5.74, 6) is -1.14. The van der Waals surface area contributed by atoms with E-state index < -0.39 is 11.4 Å². The lowest BCUT2D eigenvalue weighted by Crippen LogP contribution is -2.34. The van der Waals surface area contributed by atoms with Crippen molar-refractivity contribution < 1.29 is 14.7 Å². The highest BCUT2D eigenvalue weighted by Crippen LogP contribution is 2.45.